The van der Waals surface area contributed by atoms with Crippen LogP contribution in [0.25, 0.3) is 31.9 Å². The van der Waals surface area contributed by atoms with Gasteiger partial charge in [-0.2, -0.15) is 0 Å². The normalized spacial score (nSPS) is 17.3. The topological polar surface area (TPSA) is 58.3 Å². The Morgan fingerprint density at radius 3 is 2.67 bits per heavy atom. The highest BCUT2D eigenvalue weighted by molar-refractivity contribution is 7.98. The maximum atomic E-state index is 5.73. The van der Waals surface area contributed by atoms with Crippen molar-refractivity contribution < 1.29 is 4.42 Å². The van der Waals surface area contributed by atoms with E-state index in [4.69, 9.17) is 19.4 Å². The third-order valence-corrected chi connectivity index (χ3v) is 7.85. The zero-order chi connectivity index (χ0) is 20.2. The number of piperazine rings is 1. The van der Waals surface area contributed by atoms with Crippen molar-refractivity contribution in [3.8, 4) is 11.5 Å². The predicted molar refractivity (Wildman–Crippen MR) is 124 cm³/mol. The SMILES string of the molecule is CSc1nc(N2CCN(C)CC2)c2sc3nc(-c4ccco4)c4c(c3c2n1)CCC4. The zero-order valence-electron chi connectivity index (χ0n) is 17.1. The molecule has 0 aromatic carbocycles. The van der Waals surface area contributed by atoms with Gasteiger partial charge in [-0.3, -0.25) is 0 Å². The molecule has 4 aromatic heterocycles. The summed E-state index contributed by atoms with van der Waals surface area (Å²) in [6.45, 7) is 4.10. The van der Waals surface area contributed by atoms with Crippen molar-refractivity contribution in [1.82, 2.24) is 19.9 Å². The summed E-state index contributed by atoms with van der Waals surface area (Å²) in [7, 11) is 2.18. The fourth-order valence-corrected chi connectivity index (χ4v) is 6.20. The number of rotatable bonds is 3. The second-order valence-corrected chi connectivity index (χ2v) is 9.81. The molecule has 1 fully saturated rings. The second-order valence-electron chi connectivity index (χ2n) is 8.03. The summed E-state index contributed by atoms with van der Waals surface area (Å²) < 4.78 is 6.90. The smallest absolute Gasteiger partial charge is 0.189 e. The molecule has 154 valence electrons. The van der Waals surface area contributed by atoms with E-state index in [9.17, 15) is 0 Å². The highest BCUT2D eigenvalue weighted by Crippen LogP contribution is 2.44. The Morgan fingerprint density at radius 2 is 1.90 bits per heavy atom. The molecule has 30 heavy (non-hydrogen) atoms. The molecule has 1 aliphatic heterocycles. The minimum Gasteiger partial charge on any atom is -0.463 e. The van der Waals surface area contributed by atoms with Gasteiger partial charge in [0.1, 0.15) is 10.5 Å². The third-order valence-electron chi connectivity index (χ3n) is 6.24. The minimum atomic E-state index is 0.845. The molecule has 4 aromatic rings. The van der Waals surface area contributed by atoms with Crippen LogP contribution in [0.3, 0.4) is 0 Å². The Kier molecular flexibility index (Phi) is 4.47. The molecule has 0 unspecified atom stereocenters. The van der Waals surface area contributed by atoms with E-state index in [2.05, 4.69) is 23.1 Å². The van der Waals surface area contributed by atoms with Gasteiger partial charge >= 0.3 is 0 Å². The van der Waals surface area contributed by atoms with Gasteiger partial charge in [0.2, 0.25) is 0 Å². The predicted octanol–water partition coefficient (Wildman–Crippen LogP) is 4.46. The van der Waals surface area contributed by atoms with Crippen LogP contribution in [-0.4, -0.2) is 59.3 Å². The van der Waals surface area contributed by atoms with Crippen molar-refractivity contribution >= 4 is 49.3 Å². The number of likely N-dealkylation sites (N-methyl/N-ethyl adjacent to an activating group) is 1. The number of aryl methyl sites for hydroxylation is 1. The monoisotopic (exact) mass is 437 g/mol. The Balaban J connectivity index is 1.62. The number of hydrogen-bond donors (Lipinski definition) is 0. The first kappa shape index (κ1) is 18.6. The van der Waals surface area contributed by atoms with Gasteiger partial charge in [0.05, 0.1) is 16.5 Å². The van der Waals surface area contributed by atoms with Crippen LogP contribution in [0.5, 0.6) is 0 Å². The molecule has 6 rings (SSSR count). The highest BCUT2D eigenvalue weighted by atomic mass is 32.2. The van der Waals surface area contributed by atoms with Crippen molar-refractivity contribution in [3.05, 3.63) is 29.5 Å². The van der Waals surface area contributed by atoms with Gasteiger partial charge < -0.3 is 14.2 Å². The maximum absolute atomic E-state index is 5.73. The van der Waals surface area contributed by atoms with Gasteiger partial charge in [0.25, 0.3) is 0 Å². The Labute approximate surface area is 183 Å². The van der Waals surface area contributed by atoms with Gasteiger partial charge in [-0.15, -0.1) is 11.3 Å². The lowest BCUT2D eigenvalue weighted by Crippen LogP contribution is -2.44. The Hall–Kier alpha value is -2.16. The van der Waals surface area contributed by atoms with E-state index >= 15 is 0 Å². The minimum absolute atomic E-state index is 0.845. The summed E-state index contributed by atoms with van der Waals surface area (Å²) in [6.07, 6.45) is 7.08. The van der Waals surface area contributed by atoms with Crippen molar-refractivity contribution in [3.63, 3.8) is 0 Å². The van der Waals surface area contributed by atoms with Crippen LogP contribution in [0.1, 0.15) is 17.5 Å². The average molecular weight is 438 g/mol. The van der Waals surface area contributed by atoms with Crippen LogP contribution in [0.4, 0.5) is 5.82 Å². The maximum Gasteiger partial charge on any atom is 0.189 e. The van der Waals surface area contributed by atoms with Crippen molar-refractivity contribution in [1.29, 1.82) is 0 Å². The summed E-state index contributed by atoms with van der Waals surface area (Å²) in [5, 5.41) is 2.09. The van der Waals surface area contributed by atoms with E-state index in [1.165, 1.54) is 21.2 Å². The van der Waals surface area contributed by atoms with Gasteiger partial charge in [-0.1, -0.05) is 11.8 Å². The van der Waals surface area contributed by atoms with E-state index in [1.807, 2.05) is 12.1 Å². The van der Waals surface area contributed by atoms with Crippen molar-refractivity contribution in [2.75, 3.05) is 44.4 Å². The number of nitrogens with zero attached hydrogens (tertiary/aromatic N) is 5. The molecule has 1 aliphatic carbocycles. The number of aromatic nitrogens is 3. The summed E-state index contributed by atoms with van der Waals surface area (Å²) in [4.78, 5) is 20.9. The lowest BCUT2D eigenvalue weighted by atomic mass is 10.0. The molecule has 6 nitrogen and oxygen atoms in total. The molecule has 0 radical (unpaired) electrons. The molecule has 0 spiro atoms. The van der Waals surface area contributed by atoms with Crippen molar-refractivity contribution in [2.24, 2.45) is 0 Å². The number of furan rings is 1. The number of fused-ring (bicyclic) bond motifs is 5. The van der Waals surface area contributed by atoms with Crippen LogP contribution >= 0.6 is 23.1 Å². The molecular weight excluding hydrogens is 414 g/mol. The van der Waals surface area contributed by atoms with Crippen molar-refractivity contribution in [2.45, 2.75) is 24.4 Å². The summed E-state index contributed by atoms with van der Waals surface area (Å²) in [6, 6.07) is 3.95. The van der Waals surface area contributed by atoms with Crippen LogP contribution in [0, 0.1) is 0 Å². The van der Waals surface area contributed by atoms with E-state index in [-0.39, 0.29) is 0 Å². The van der Waals surface area contributed by atoms with E-state index < -0.39 is 0 Å². The van der Waals surface area contributed by atoms with Gasteiger partial charge in [0, 0.05) is 31.6 Å². The first-order valence-corrected chi connectivity index (χ1v) is 12.4. The molecule has 0 atom stereocenters. The molecule has 0 bridgehead atoms. The quantitative estimate of drug-likeness (QED) is 0.346. The summed E-state index contributed by atoms with van der Waals surface area (Å²) in [5.41, 5.74) is 4.83. The number of thiophene rings is 1. The Bertz CT molecular complexity index is 1240. The first-order chi connectivity index (χ1) is 14.7. The standard InChI is InChI=1S/C22H23N5OS2/c1-26-8-10-27(11-9-26)20-19-18(24-22(25-20)29-2)16-13-5-3-6-14(13)17(23-21(16)30-19)15-7-4-12-28-15/h4,7,12H,3,5-6,8-11H2,1-2H3. The fourth-order valence-electron chi connectivity index (χ4n) is 4.67. The molecule has 2 aliphatic rings. The number of hydrogen-bond acceptors (Lipinski definition) is 8. The summed E-state index contributed by atoms with van der Waals surface area (Å²) >= 11 is 3.36. The molecule has 0 N–H and O–H groups in total. The van der Waals surface area contributed by atoms with E-state index in [0.717, 1.165) is 78.2 Å². The molecule has 0 amide bonds. The molecule has 0 saturated carbocycles. The average Bonchev–Trinajstić information content (AvgIpc) is 3.51. The fraction of sp³-hybridized carbons (Fsp3) is 0.409. The second kappa shape index (κ2) is 7.21. The molecular formula is C22H23N5OS2. The van der Waals surface area contributed by atoms with E-state index in [1.54, 1.807) is 29.4 Å². The van der Waals surface area contributed by atoms with Crippen LogP contribution in [0.15, 0.2) is 28.0 Å². The lowest BCUT2D eigenvalue weighted by Gasteiger charge is -2.33. The number of thioether (sulfide) groups is 1. The highest BCUT2D eigenvalue weighted by Gasteiger charge is 2.28. The molecule has 5 heterocycles. The van der Waals surface area contributed by atoms with Crippen LogP contribution in [-0.2, 0) is 12.8 Å². The number of pyridine rings is 1. The largest absolute Gasteiger partial charge is 0.463 e. The van der Waals surface area contributed by atoms with Gasteiger partial charge in [-0.05, 0) is 55.8 Å². The van der Waals surface area contributed by atoms with Gasteiger partial charge in [0.15, 0.2) is 16.7 Å². The van der Waals surface area contributed by atoms with Crippen LogP contribution < -0.4 is 4.90 Å². The summed E-state index contributed by atoms with van der Waals surface area (Å²) in [5.74, 6) is 1.94. The number of anilines is 1. The first-order valence-electron chi connectivity index (χ1n) is 10.4. The molecule has 1 saturated heterocycles. The third kappa shape index (κ3) is 2.85. The zero-order valence-corrected chi connectivity index (χ0v) is 18.8. The van der Waals surface area contributed by atoms with E-state index in [0.29, 0.717) is 0 Å². The Morgan fingerprint density at radius 1 is 1.07 bits per heavy atom. The van der Waals surface area contributed by atoms with Crippen LogP contribution in [0.2, 0.25) is 0 Å². The molecule has 8 heteroatoms. The lowest BCUT2D eigenvalue weighted by molar-refractivity contribution is 0.312. The van der Waals surface area contributed by atoms with Gasteiger partial charge in [-0.25, -0.2) is 15.0 Å².